The number of carbonyl (C=O) groups excluding carboxylic acids is 1. The summed E-state index contributed by atoms with van der Waals surface area (Å²) in [6, 6.07) is 13.1. The van der Waals surface area contributed by atoms with Crippen LogP contribution in [-0.4, -0.2) is 44.6 Å². The summed E-state index contributed by atoms with van der Waals surface area (Å²) in [7, 11) is 1.93. The molecule has 34 heavy (non-hydrogen) atoms. The first kappa shape index (κ1) is 20.9. The third kappa shape index (κ3) is 3.64. The summed E-state index contributed by atoms with van der Waals surface area (Å²) in [5.41, 5.74) is 7.07. The molecule has 8 nitrogen and oxygen atoms in total. The maximum atomic E-state index is 12.3. The Morgan fingerprint density at radius 3 is 2.74 bits per heavy atom. The second kappa shape index (κ2) is 8.29. The van der Waals surface area contributed by atoms with Crippen LogP contribution in [0.5, 0.6) is 0 Å². The molecule has 0 unspecified atom stereocenters. The molecule has 174 valence electrons. The predicted molar refractivity (Wildman–Crippen MR) is 135 cm³/mol. The van der Waals surface area contributed by atoms with Crippen LogP contribution in [0.2, 0.25) is 0 Å². The minimum Gasteiger partial charge on any atom is -0.380 e. The number of aromatic nitrogens is 4. The van der Waals surface area contributed by atoms with Gasteiger partial charge in [0, 0.05) is 42.2 Å². The third-order valence-corrected chi connectivity index (χ3v) is 6.87. The summed E-state index contributed by atoms with van der Waals surface area (Å²) in [6.07, 6.45) is 6.49. The second-order valence-electron chi connectivity index (χ2n) is 9.43. The van der Waals surface area contributed by atoms with Gasteiger partial charge in [-0.25, -0.2) is 0 Å². The van der Waals surface area contributed by atoms with Crippen molar-refractivity contribution < 1.29 is 4.79 Å². The number of rotatable bonds is 3. The molecule has 1 atom stereocenters. The van der Waals surface area contributed by atoms with Gasteiger partial charge in [0.05, 0.1) is 29.1 Å². The van der Waals surface area contributed by atoms with E-state index in [9.17, 15) is 4.79 Å². The average molecular weight is 456 g/mol. The summed E-state index contributed by atoms with van der Waals surface area (Å²) in [6.45, 7) is 4.06. The Morgan fingerprint density at radius 2 is 1.94 bits per heavy atom. The summed E-state index contributed by atoms with van der Waals surface area (Å²) in [5.74, 6) is 0.0356. The number of hydrogen-bond acceptors (Lipinski definition) is 5. The fourth-order valence-corrected chi connectivity index (χ4v) is 5.22. The number of nitrogens with one attached hydrogen (secondary N) is 3. The molecule has 6 rings (SSSR count). The molecular formula is C26H29N7O. The number of fused-ring (bicyclic) bond motifs is 2. The van der Waals surface area contributed by atoms with Crippen LogP contribution in [0.1, 0.15) is 32.2 Å². The van der Waals surface area contributed by atoms with Crippen molar-refractivity contribution in [2.24, 2.45) is 7.05 Å². The van der Waals surface area contributed by atoms with Gasteiger partial charge in [-0.1, -0.05) is 18.2 Å². The van der Waals surface area contributed by atoms with Gasteiger partial charge in [0.15, 0.2) is 0 Å². The lowest BCUT2D eigenvalue weighted by Gasteiger charge is -2.23. The standard InChI is InChI=1S/C26H29N7O/c1-16-12-24(34)30-22-5-3-4-20(26(22)29-16)17-6-7-23-21(13-17)25(18-14-28-32(2)15-18)31-33(23)19-8-10-27-11-9-19/h3-7,13-16,19,27,29H,8-12H2,1-2H3,(H,30,34)/t16-/m1/s1. The highest BCUT2D eigenvalue weighted by molar-refractivity contribution is 6.02. The molecule has 8 heteroatoms. The molecule has 1 amide bonds. The van der Waals surface area contributed by atoms with Crippen LogP contribution in [0.3, 0.4) is 0 Å². The molecule has 0 saturated carbocycles. The number of carbonyl (C=O) groups is 1. The molecule has 0 bridgehead atoms. The Hall–Kier alpha value is -3.65. The zero-order valence-electron chi connectivity index (χ0n) is 19.5. The molecule has 1 fully saturated rings. The molecule has 2 aliphatic heterocycles. The van der Waals surface area contributed by atoms with Gasteiger partial charge in [-0.05, 0) is 56.6 Å². The van der Waals surface area contributed by atoms with Gasteiger partial charge in [-0.15, -0.1) is 0 Å². The number of hydrogen-bond donors (Lipinski definition) is 3. The molecule has 0 spiro atoms. The molecule has 2 aliphatic rings. The van der Waals surface area contributed by atoms with E-state index in [1.165, 1.54) is 0 Å². The summed E-state index contributed by atoms with van der Waals surface area (Å²) >= 11 is 0. The van der Waals surface area contributed by atoms with E-state index in [1.807, 2.05) is 43.2 Å². The molecule has 3 N–H and O–H groups in total. The van der Waals surface area contributed by atoms with Crippen LogP contribution in [-0.2, 0) is 11.8 Å². The molecular weight excluding hydrogens is 426 g/mol. The van der Waals surface area contributed by atoms with E-state index >= 15 is 0 Å². The normalized spacial score (nSPS) is 18.9. The second-order valence-corrected chi connectivity index (χ2v) is 9.43. The van der Waals surface area contributed by atoms with Gasteiger partial charge in [0.25, 0.3) is 0 Å². The molecule has 1 saturated heterocycles. The topological polar surface area (TPSA) is 88.8 Å². The fourth-order valence-electron chi connectivity index (χ4n) is 5.22. The van der Waals surface area contributed by atoms with Crippen LogP contribution >= 0.6 is 0 Å². The molecule has 2 aromatic heterocycles. The van der Waals surface area contributed by atoms with E-state index in [2.05, 4.69) is 50.0 Å². The van der Waals surface area contributed by atoms with Crippen molar-refractivity contribution in [1.82, 2.24) is 24.9 Å². The molecule has 4 heterocycles. The van der Waals surface area contributed by atoms with Crippen molar-refractivity contribution in [3.63, 3.8) is 0 Å². The van der Waals surface area contributed by atoms with Crippen LogP contribution in [0.15, 0.2) is 48.8 Å². The van der Waals surface area contributed by atoms with Gasteiger partial charge >= 0.3 is 0 Å². The Morgan fingerprint density at radius 1 is 1.09 bits per heavy atom. The SMILES string of the molecule is C[C@@H]1CC(=O)Nc2cccc(-c3ccc4c(c3)c(-c3cnn(C)c3)nn4C3CCNCC3)c2N1. The van der Waals surface area contributed by atoms with Crippen LogP contribution in [0.25, 0.3) is 33.3 Å². The highest BCUT2D eigenvalue weighted by atomic mass is 16.1. The van der Waals surface area contributed by atoms with Crippen molar-refractivity contribution in [2.45, 2.75) is 38.3 Å². The smallest absolute Gasteiger partial charge is 0.226 e. The lowest BCUT2D eigenvalue weighted by Crippen LogP contribution is -2.29. The van der Waals surface area contributed by atoms with Crippen LogP contribution < -0.4 is 16.0 Å². The number of benzene rings is 2. The zero-order valence-corrected chi connectivity index (χ0v) is 19.5. The third-order valence-electron chi connectivity index (χ3n) is 6.87. The number of nitrogens with zero attached hydrogens (tertiary/aromatic N) is 4. The first-order valence-electron chi connectivity index (χ1n) is 12.0. The highest BCUT2D eigenvalue weighted by Crippen LogP contribution is 2.40. The monoisotopic (exact) mass is 455 g/mol. The lowest BCUT2D eigenvalue weighted by atomic mass is 9.99. The Balaban J connectivity index is 1.52. The van der Waals surface area contributed by atoms with Crippen LogP contribution in [0.4, 0.5) is 11.4 Å². The number of anilines is 2. The van der Waals surface area contributed by atoms with E-state index in [4.69, 9.17) is 5.10 Å². The largest absolute Gasteiger partial charge is 0.380 e. The van der Waals surface area contributed by atoms with Crippen LogP contribution in [0, 0.1) is 0 Å². The Kier molecular flexibility index (Phi) is 5.10. The lowest BCUT2D eigenvalue weighted by molar-refractivity contribution is -0.116. The average Bonchev–Trinajstić information content (AvgIpc) is 3.39. The van der Waals surface area contributed by atoms with E-state index in [-0.39, 0.29) is 11.9 Å². The Labute approximate surface area is 198 Å². The van der Waals surface area contributed by atoms with Crippen molar-refractivity contribution in [3.8, 4) is 22.4 Å². The number of aryl methyl sites for hydroxylation is 1. The number of amides is 1. The first-order valence-corrected chi connectivity index (χ1v) is 12.0. The Bertz CT molecular complexity index is 1380. The fraction of sp³-hybridized carbons (Fsp3) is 0.346. The van der Waals surface area contributed by atoms with Crippen molar-refractivity contribution in [2.75, 3.05) is 23.7 Å². The summed E-state index contributed by atoms with van der Waals surface area (Å²) < 4.78 is 4.04. The van der Waals surface area contributed by atoms with E-state index in [1.54, 1.807) is 0 Å². The number of piperidine rings is 1. The minimum atomic E-state index is 0.0356. The maximum Gasteiger partial charge on any atom is 0.226 e. The molecule has 2 aromatic carbocycles. The van der Waals surface area contributed by atoms with Gasteiger partial charge in [-0.2, -0.15) is 10.2 Å². The van der Waals surface area contributed by atoms with E-state index < -0.39 is 0 Å². The molecule has 0 radical (unpaired) electrons. The highest BCUT2D eigenvalue weighted by Gasteiger charge is 2.24. The first-order chi connectivity index (χ1) is 16.6. The number of para-hydroxylation sites is 1. The summed E-state index contributed by atoms with van der Waals surface area (Å²) in [4.78, 5) is 12.3. The minimum absolute atomic E-state index is 0.0356. The van der Waals surface area contributed by atoms with Crippen molar-refractivity contribution >= 4 is 28.2 Å². The van der Waals surface area contributed by atoms with Crippen molar-refractivity contribution in [3.05, 3.63) is 48.8 Å². The van der Waals surface area contributed by atoms with Gasteiger partial charge in [-0.3, -0.25) is 14.2 Å². The summed E-state index contributed by atoms with van der Waals surface area (Å²) in [5, 5.41) is 20.7. The van der Waals surface area contributed by atoms with E-state index in [0.29, 0.717) is 12.5 Å². The van der Waals surface area contributed by atoms with Gasteiger partial charge in [0.1, 0.15) is 5.69 Å². The van der Waals surface area contributed by atoms with Gasteiger partial charge < -0.3 is 16.0 Å². The molecule has 0 aliphatic carbocycles. The zero-order chi connectivity index (χ0) is 23.2. The van der Waals surface area contributed by atoms with Gasteiger partial charge in [0.2, 0.25) is 5.91 Å². The van der Waals surface area contributed by atoms with Crippen molar-refractivity contribution in [1.29, 1.82) is 0 Å². The molecule has 4 aromatic rings. The maximum absolute atomic E-state index is 12.3. The quantitative estimate of drug-likeness (QED) is 0.432. The van der Waals surface area contributed by atoms with E-state index in [0.717, 1.165) is 70.6 Å². The predicted octanol–water partition coefficient (Wildman–Crippen LogP) is 4.17.